The third kappa shape index (κ3) is 2.15. The second-order valence-corrected chi connectivity index (χ2v) is 6.62. The fourth-order valence-corrected chi connectivity index (χ4v) is 3.40. The van der Waals surface area contributed by atoms with Gasteiger partial charge in [0, 0.05) is 17.5 Å². The first-order valence-electron chi connectivity index (χ1n) is 7.24. The van der Waals surface area contributed by atoms with E-state index in [9.17, 15) is 10.2 Å². The molecule has 3 unspecified atom stereocenters. The zero-order valence-corrected chi connectivity index (χ0v) is 11.7. The maximum absolute atomic E-state index is 9.83. The van der Waals surface area contributed by atoms with Gasteiger partial charge in [-0.25, -0.2) is 0 Å². The molecule has 3 heteroatoms. The van der Waals surface area contributed by atoms with Crippen LogP contribution in [0, 0.1) is 5.41 Å². The van der Waals surface area contributed by atoms with Crippen LogP contribution in [-0.2, 0) is 6.42 Å². The van der Waals surface area contributed by atoms with E-state index in [1.54, 1.807) is 6.07 Å². The zero-order valence-electron chi connectivity index (χ0n) is 11.7. The van der Waals surface area contributed by atoms with Crippen LogP contribution in [0.2, 0.25) is 0 Å². The minimum atomic E-state index is -0.187. The Bertz CT molecular complexity index is 484. The number of hydrogen-bond acceptors (Lipinski definition) is 3. The first-order valence-corrected chi connectivity index (χ1v) is 7.24. The molecule has 0 radical (unpaired) electrons. The molecule has 0 aromatic heterocycles. The molecule has 3 nitrogen and oxygen atoms in total. The van der Waals surface area contributed by atoms with Crippen LogP contribution in [0.15, 0.2) is 18.2 Å². The van der Waals surface area contributed by atoms with E-state index in [-0.39, 0.29) is 11.5 Å². The summed E-state index contributed by atoms with van der Waals surface area (Å²) < 4.78 is 0. The van der Waals surface area contributed by atoms with Crippen molar-refractivity contribution in [2.75, 3.05) is 0 Å². The molecule has 0 heterocycles. The number of hydrogen-bond donors (Lipinski definition) is 3. The number of rotatable bonds is 2. The number of aliphatic hydroxyl groups is 1. The van der Waals surface area contributed by atoms with E-state index in [0.29, 0.717) is 17.8 Å². The molecule has 0 amide bonds. The first-order chi connectivity index (χ1) is 8.98. The highest BCUT2D eigenvalue weighted by Gasteiger charge is 2.47. The summed E-state index contributed by atoms with van der Waals surface area (Å²) in [5, 5.41) is 23.1. The first kappa shape index (κ1) is 12.9. The molecule has 0 saturated heterocycles. The fourth-order valence-electron chi connectivity index (χ4n) is 3.40. The number of phenols is 1. The number of nitrogens with one attached hydrogen (secondary N) is 1. The predicted molar refractivity (Wildman–Crippen MR) is 75.1 cm³/mol. The van der Waals surface area contributed by atoms with E-state index in [1.165, 1.54) is 11.1 Å². The SMILES string of the molecule is CC1(C)C(O)CC1NC1CCCc2cc(O)ccc21. The maximum atomic E-state index is 9.83. The number of fused-ring (bicyclic) bond motifs is 1. The molecule has 1 aromatic rings. The molecule has 2 aliphatic carbocycles. The molecule has 1 aromatic carbocycles. The van der Waals surface area contributed by atoms with Gasteiger partial charge < -0.3 is 15.5 Å². The molecule has 3 atom stereocenters. The largest absolute Gasteiger partial charge is 0.508 e. The van der Waals surface area contributed by atoms with Gasteiger partial charge in [0.15, 0.2) is 0 Å². The van der Waals surface area contributed by atoms with Gasteiger partial charge in [0.25, 0.3) is 0 Å². The number of phenolic OH excluding ortho intramolecular Hbond substituents is 1. The Labute approximate surface area is 114 Å². The molecule has 0 aliphatic heterocycles. The van der Waals surface area contributed by atoms with E-state index >= 15 is 0 Å². The van der Waals surface area contributed by atoms with Crippen LogP contribution in [0.1, 0.15) is 50.3 Å². The summed E-state index contributed by atoms with van der Waals surface area (Å²) >= 11 is 0. The standard InChI is InChI=1S/C16H23NO2/c1-16(2)14(9-15(16)19)17-13-5-3-4-10-8-11(18)6-7-12(10)13/h6-8,13-15,17-19H,3-5,9H2,1-2H3. The molecule has 1 fully saturated rings. The van der Waals surface area contributed by atoms with Gasteiger partial charge in [-0.2, -0.15) is 0 Å². The topological polar surface area (TPSA) is 52.5 Å². The summed E-state index contributed by atoms with van der Waals surface area (Å²) in [5.41, 5.74) is 2.55. The highest BCUT2D eigenvalue weighted by atomic mass is 16.3. The summed E-state index contributed by atoms with van der Waals surface area (Å²) in [4.78, 5) is 0. The van der Waals surface area contributed by atoms with Gasteiger partial charge in [0.05, 0.1) is 6.10 Å². The van der Waals surface area contributed by atoms with Crippen molar-refractivity contribution in [2.24, 2.45) is 5.41 Å². The zero-order chi connectivity index (χ0) is 13.6. The minimum Gasteiger partial charge on any atom is -0.508 e. The predicted octanol–water partition coefficient (Wildman–Crippen LogP) is 2.52. The smallest absolute Gasteiger partial charge is 0.115 e. The molecule has 0 spiro atoms. The van der Waals surface area contributed by atoms with Crippen molar-refractivity contribution < 1.29 is 10.2 Å². The average molecular weight is 261 g/mol. The average Bonchev–Trinajstić information content (AvgIpc) is 2.38. The van der Waals surface area contributed by atoms with Gasteiger partial charge >= 0.3 is 0 Å². The van der Waals surface area contributed by atoms with Crippen molar-refractivity contribution in [3.63, 3.8) is 0 Å². The summed E-state index contributed by atoms with van der Waals surface area (Å²) in [5.74, 6) is 0.360. The summed E-state index contributed by atoms with van der Waals surface area (Å²) in [6.45, 7) is 4.25. The van der Waals surface area contributed by atoms with E-state index in [0.717, 1.165) is 25.7 Å². The molecule has 0 bridgehead atoms. The molecule has 19 heavy (non-hydrogen) atoms. The van der Waals surface area contributed by atoms with E-state index < -0.39 is 0 Å². The minimum absolute atomic E-state index is 0.0332. The Balaban J connectivity index is 1.78. The van der Waals surface area contributed by atoms with Crippen molar-refractivity contribution in [1.29, 1.82) is 0 Å². The molecule has 104 valence electrons. The Morgan fingerprint density at radius 3 is 2.79 bits per heavy atom. The molecule has 3 rings (SSSR count). The van der Waals surface area contributed by atoms with Crippen molar-refractivity contribution in [3.05, 3.63) is 29.3 Å². The van der Waals surface area contributed by atoms with Crippen LogP contribution in [0.5, 0.6) is 5.75 Å². The Hall–Kier alpha value is -1.06. The van der Waals surface area contributed by atoms with Gasteiger partial charge in [-0.1, -0.05) is 19.9 Å². The number of benzene rings is 1. The van der Waals surface area contributed by atoms with Crippen LogP contribution >= 0.6 is 0 Å². The van der Waals surface area contributed by atoms with E-state index in [1.807, 2.05) is 12.1 Å². The molecule has 3 N–H and O–H groups in total. The Kier molecular flexibility index (Phi) is 3.06. The van der Waals surface area contributed by atoms with Crippen molar-refractivity contribution in [2.45, 2.75) is 57.7 Å². The second kappa shape index (κ2) is 4.50. The lowest BCUT2D eigenvalue weighted by atomic mass is 9.64. The van der Waals surface area contributed by atoms with Gasteiger partial charge in [-0.15, -0.1) is 0 Å². The van der Waals surface area contributed by atoms with Gasteiger partial charge in [-0.05, 0) is 48.9 Å². The maximum Gasteiger partial charge on any atom is 0.115 e. The quantitative estimate of drug-likeness (QED) is 0.767. The molecule has 1 saturated carbocycles. The Morgan fingerprint density at radius 2 is 2.11 bits per heavy atom. The number of aliphatic hydroxyl groups excluding tert-OH is 1. The third-order valence-corrected chi connectivity index (χ3v) is 5.06. The summed E-state index contributed by atoms with van der Waals surface area (Å²) in [6, 6.07) is 6.46. The van der Waals surface area contributed by atoms with Crippen LogP contribution in [0.4, 0.5) is 0 Å². The number of aryl methyl sites for hydroxylation is 1. The van der Waals surface area contributed by atoms with Crippen LogP contribution in [0.3, 0.4) is 0 Å². The summed E-state index contributed by atoms with van der Waals surface area (Å²) in [7, 11) is 0. The van der Waals surface area contributed by atoms with E-state index in [2.05, 4.69) is 19.2 Å². The van der Waals surface area contributed by atoms with Crippen LogP contribution in [0.25, 0.3) is 0 Å². The van der Waals surface area contributed by atoms with Crippen LogP contribution < -0.4 is 5.32 Å². The van der Waals surface area contributed by atoms with Crippen molar-refractivity contribution in [3.8, 4) is 5.75 Å². The lowest BCUT2D eigenvalue weighted by Crippen LogP contribution is -2.60. The van der Waals surface area contributed by atoms with Crippen molar-refractivity contribution in [1.82, 2.24) is 5.32 Å². The van der Waals surface area contributed by atoms with Gasteiger partial charge in [0.1, 0.15) is 5.75 Å². The molecular weight excluding hydrogens is 238 g/mol. The fraction of sp³-hybridized carbons (Fsp3) is 0.625. The van der Waals surface area contributed by atoms with Crippen molar-refractivity contribution >= 4 is 0 Å². The Morgan fingerprint density at radius 1 is 1.32 bits per heavy atom. The third-order valence-electron chi connectivity index (χ3n) is 5.06. The number of aromatic hydroxyl groups is 1. The van der Waals surface area contributed by atoms with E-state index in [4.69, 9.17) is 0 Å². The molecule has 2 aliphatic rings. The van der Waals surface area contributed by atoms with Crippen LogP contribution in [-0.4, -0.2) is 22.4 Å². The van der Waals surface area contributed by atoms with Gasteiger partial charge in [0.2, 0.25) is 0 Å². The lowest BCUT2D eigenvalue weighted by Gasteiger charge is -2.51. The van der Waals surface area contributed by atoms with Gasteiger partial charge in [-0.3, -0.25) is 0 Å². The highest BCUT2D eigenvalue weighted by molar-refractivity contribution is 5.38. The monoisotopic (exact) mass is 261 g/mol. The normalized spacial score (nSPS) is 32.5. The summed E-state index contributed by atoms with van der Waals surface area (Å²) in [6.07, 6.45) is 4.01. The lowest BCUT2D eigenvalue weighted by molar-refractivity contribution is -0.0766. The highest BCUT2D eigenvalue weighted by Crippen LogP contribution is 2.43. The molecular formula is C16H23NO2. The second-order valence-electron chi connectivity index (χ2n) is 6.62.